The summed E-state index contributed by atoms with van der Waals surface area (Å²) < 4.78 is 4.54. The largest absolute Gasteiger partial charge is 0.473 e. The topological polar surface area (TPSA) is 63.6 Å². The van der Waals surface area contributed by atoms with E-state index in [0.29, 0.717) is 0 Å². The molecule has 6 heteroatoms. The molecule has 0 aromatic heterocycles. The van der Waals surface area contributed by atoms with Crippen LogP contribution in [0.2, 0.25) is 0 Å². The Morgan fingerprint density at radius 3 is 1.60 bits per heavy atom. The van der Waals surface area contributed by atoms with Crippen LogP contribution in [0, 0.1) is 0 Å². The second-order valence-corrected chi connectivity index (χ2v) is 4.62. The van der Waals surface area contributed by atoms with Crippen LogP contribution in [0.15, 0.2) is 0 Å². The summed E-state index contributed by atoms with van der Waals surface area (Å²) in [6.45, 7) is 2.44. The van der Waals surface area contributed by atoms with Gasteiger partial charge in [0.2, 0.25) is 0 Å². The molecule has 0 aromatic rings. The number of unbranched alkanes of at least 4 members (excludes halogenated alkanes) is 9. The Hall–Kier alpha value is 0.940. The van der Waals surface area contributed by atoms with Gasteiger partial charge in [0.05, 0.1) is 6.61 Å². The molecular formula is C14H26Na2O4. The third-order valence-corrected chi connectivity index (χ3v) is 2.91. The summed E-state index contributed by atoms with van der Waals surface area (Å²) in [5.74, 6) is -2.66. The molecular weight excluding hydrogens is 278 g/mol. The molecule has 0 saturated heterocycles. The van der Waals surface area contributed by atoms with Crippen LogP contribution in [0.25, 0.3) is 0 Å². The normalized spacial score (nSPS) is 9.25. The average molecular weight is 304 g/mol. The second kappa shape index (κ2) is 19.9. The molecule has 1 N–H and O–H groups in total. The minimum atomic E-state index is -1.51. The zero-order valence-electron chi connectivity index (χ0n) is 13.5. The van der Waals surface area contributed by atoms with Gasteiger partial charge in [-0.2, -0.15) is 0 Å². The van der Waals surface area contributed by atoms with Gasteiger partial charge in [0.1, 0.15) is 0 Å². The van der Waals surface area contributed by atoms with Crippen molar-refractivity contribution in [3.05, 3.63) is 0 Å². The summed E-state index contributed by atoms with van der Waals surface area (Å²) in [6.07, 6.45) is 12.0. The van der Waals surface area contributed by atoms with Crippen molar-refractivity contribution in [1.29, 1.82) is 0 Å². The van der Waals surface area contributed by atoms with Gasteiger partial charge in [0.15, 0.2) is 0 Å². The van der Waals surface area contributed by atoms with Crippen molar-refractivity contribution < 1.29 is 19.4 Å². The van der Waals surface area contributed by atoms with Crippen LogP contribution in [-0.4, -0.2) is 82.8 Å². The van der Waals surface area contributed by atoms with Gasteiger partial charge in [-0.1, -0.05) is 64.7 Å². The molecule has 108 valence electrons. The summed E-state index contributed by atoms with van der Waals surface area (Å²) in [5.41, 5.74) is 0. The zero-order chi connectivity index (χ0) is 13.6. The standard InChI is InChI=1S/C14H26O4.2Na/c1-2-3-4-5-6-7-8-9-10-11-12-18-14(17)13(15)16;;/h2-12H2,1H3,(H,15,16);;. The van der Waals surface area contributed by atoms with Gasteiger partial charge in [-0.15, -0.1) is 0 Å². The van der Waals surface area contributed by atoms with Crippen LogP contribution in [0.1, 0.15) is 71.1 Å². The smallest absolute Gasteiger partial charge is 0.417 e. The predicted octanol–water partition coefficient (Wildman–Crippen LogP) is 2.77. The van der Waals surface area contributed by atoms with E-state index in [1.165, 1.54) is 44.9 Å². The van der Waals surface area contributed by atoms with Crippen molar-refractivity contribution in [2.45, 2.75) is 71.1 Å². The van der Waals surface area contributed by atoms with Crippen molar-refractivity contribution in [1.82, 2.24) is 0 Å². The number of carbonyl (C=O) groups is 2. The molecule has 20 heavy (non-hydrogen) atoms. The van der Waals surface area contributed by atoms with E-state index in [1.807, 2.05) is 0 Å². The molecule has 0 spiro atoms. The summed E-state index contributed by atoms with van der Waals surface area (Å²) in [7, 11) is 0. The molecule has 0 bridgehead atoms. The molecule has 2 radical (unpaired) electrons. The summed E-state index contributed by atoms with van der Waals surface area (Å²) >= 11 is 0. The number of hydrogen-bond donors (Lipinski definition) is 1. The van der Waals surface area contributed by atoms with E-state index in [9.17, 15) is 9.59 Å². The van der Waals surface area contributed by atoms with E-state index in [0.717, 1.165) is 19.3 Å². The number of carbonyl (C=O) groups excluding carboxylic acids is 1. The van der Waals surface area contributed by atoms with Crippen LogP contribution >= 0.6 is 0 Å². The molecule has 0 aromatic carbocycles. The Morgan fingerprint density at radius 2 is 1.20 bits per heavy atom. The first-order chi connectivity index (χ1) is 8.68. The monoisotopic (exact) mass is 304 g/mol. The van der Waals surface area contributed by atoms with E-state index < -0.39 is 11.9 Å². The average Bonchev–Trinajstić information content (AvgIpc) is 2.35. The number of ether oxygens (including phenoxy) is 1. The second-order valence-electron chi connectivity index (χ2n) is 4.62. The Balaban J connectivity index is -0.00000144. The van der Waals surface area contributed by atoms with Gasteiger partial charge in [-0.25, -0.2) is 9.59 Å². The summed E-state index contributed by atoms with van der Waals surface area (Å²) in [5, 5.41) is 8.27. The first-order valence-electron chi connectivity index (χ1n) is 7.08. The molecule has 0 rings (SSSR count). The van der Waals surface area contributed by atoms with Crippen LogP contribution in [0.4, 0.5) is 0 Å². The molecule has 0 heterocycles. The van der Waals surface area contributed by atoms with Crippen LogP contribution < -0.4 is 0 Å². The number of esters is 1. The van der Waals surface area contributed by atoms with Gasteiger partial charge >= 0.3 is 11.9 Å². The van der Waals surface area contributed by atoms with E-state index >= 15 is 0 Å². The van der Waals surface area contributed by atoms with Gasteiger partial charge in [0, 0.05) is 59.1 Å². The predicted molar refractivity (Wildman–Crippen MR) is 81.9 cm³/mol. The third-order valence-electron chi connectivity index (χ3n) is 2.91. The van der Waals surface area contributed by atoms with Crippen molar-refractivity contribution in [3.8, 4) is 0 Å². The fourth-order valence-electron chi connectivity index (χ4n) is 1.82. The molecule has 0 aliphatic heterocycles. The summed E-state index contributed by atoms with van der Waals surface area (Å²) in [4.78, 5) is 20.7. The fourth-order valence-corrected chi connectivity index (χ4v) is 1.82. The molecule has 0 atom stereocenters. The molecule has 0 unspecified atom stereocenters. The Labute approximate surface area is 167 Å². The molecule has 0 saturated carbocycles. The van der Waals surface area contributed by atoms with E-state index in [1.54, 1.807) is 0 Å². The molecule has 4 nitrogen and oxygen atoms in total. The Kier molecular flexibility index (Phi) is 25.8. The van der Waals surface area contributed by atoms with E-state index in [-0.39, 0.29) is 65.7 Å². The number of aliphatic carboxylic acids is 1. The quantitative estimate of drug-likeness (QED) is 0.276. The zero-order valence-corrected chi connectivity index (χ0v) is 17.5. The Morgan fingerprint density at radius 1 is 0.800 bits per heavy atom. The number of carboxylic acid groups (broad SMARTS) is 1. The first kappa shape index (κ1) is 25.9. The maximum atomic E-state index is 10.6. The Bertz CT molecular complexity index is 235. The van der Waals surface area contributed by atoms with Gasteiger partial charge < -0.3 is 9.84 Å². The van der Waals surface area contributed by atoms with E-state index in [4.69, 9.17) is 5.11 Å². The maximum absolute atomic E-state index is 10.6. The molecule has 0 aliphatic rings. The van der Waals surface area contributed by atoms with Crippen LogP contribution in [-0.2, 0) is 14.3 Å². The molecule has 0 amide bonds. The van der Waals surface area contributed by atoms with Crippen molar-refractivity contribution in [3.63, 3.8) is 0 Å². The van der Waals surface area contributed by atoms with Gasteiger partial charge in [-0.3, -0.25) is 0 Å². The number of carboxylic acids is 1. The number of hydrogen-bond acceptors (Lipinski definition) is 3. The minimum Gasteiger partial charge on any atom is -0.473 e. The molecule has 0 aliphatic carbocycles. The van der Waals surface area contributed by atoms with E-state index in [2.05, 4.69) is 11.7 Å². The van der Waals surface area contributed by atoms with Crippen molar-refractivity contribution >= 4 is 71.1 Å². The minimum absolute atomic E-state index is 0. The third kappa shape index (κ3) is 18.9. The SMILES string of the molecule is CCCCCCCCCCCCOC(=O)C(=O)O.[Na].[Na]. The maximum Gasteiger partial charge on any atom is 0.417 e. The summed E-state index contributed by atoms with van der Waals surface area (Å²) in [6, 6.07) is 0. The number of rotatable bonds is 11. The van der Waals surface area contributed by atoms with Gasteiger partial charge in [0.25, 0.3) is 0 Å². The van der Waals surface area contributed by atoms with Crippen molar-refractivity contribution in [2.24, 2.45) is 0 Å². The van der Waals surface area contributed by atoms with Crippen molar-refractivity contribution in [2.75, 3.05) is 6.61 Å². The molecule has 0 fully saturated rings. The van der Waals surface area contributed by atoms with Crippen LogP contribution in [0.3, 0.4) is 0 Å². The van der Waals surface area contributed by atoms with Gasteiger partial charge in [-0.05, 0) is 6.42 Å². The first-order valence-corrected chi connectivity index (χ1v) is 7.08. The fraction of sp³-hybridized carbons (Fsp3) is 0.857. The van der Waals surface area contributed by atoms with Crippen LogP contribution in [0.5, 0.6) is 0 Å².